The Labute approximate surface area is 170 Å². The molecule has 0 aliphatic rings. The SMILES string of the molecule is C=C(/C=C(C)\C(=C/C)c1cc2cnc(N)cc2cn1)C(=O)CC.CC.CCC. The van der Waals surface area contributed by atoms with Crippen molar-refractivity contribution in [3.8, 4) is 0 Å². The van der Waals surface area contributed by atoms with Gasteiger partial charge in [-0.2, -0.15) is 0 Å². The van der Waals surface area contributed by atoms with Crippen molar-refractivity contribution < 1.29 is 4.79 Å². The number of nitrogen functional groups attached to an aromatic ring is 1. The fourth-order valence-electron chi connectivity index (χ4n) is 2.43. The van der Waals surface area contributed by atoms with Gasteiger partial charge in [-0.1, -0.05) is 53.7 Å². The van der Waals surface area contributed by atoms with Gasteiger partial charge in [-0.05, 0) is 43.2 Å². The van der Waals surface area contributed by atoms with E-state index in [-0.39, 0.29) is 5.78 Å². The predicted molar refractivity (Wildman–Crippen MR) is 123 cm³/mol. The molecule has 0 aliphatic carbocycles. The Kier molecular flexibility index (Phi) is 12.1. The average Bonchev–Trinajstić information content (AvgIpc) is 2.70. The van der Waals surface area contributed by atoms with Crippen LogP contribution in [0.25, 0.3) is 16.3 Å². The number of rotatable bonds is 5. The molecule has 4 nitrogen and oxygen atoms in total. The van der Waals surface area contributed by atoms with E-state index in [9.17, 15) is 4.79 Å². The number of carbonyl (C=O) groups excluding carboxylic acids is 1. The van der Waals surface area contributed by atoms with Gasteiger partial charge in [0.2, 0.25) is 0 Å². The molecule has 0 radical (unpaired) electrons. The van der Waals surface area contributed by atoms with Gasteiger partial charge in [-0.3, -0.25) is 9.78 Å². The maximum Gasteiger partial charge on any atom is 0.162 e. The van der Waals surface area contributed by atoms with Crippen molar-refractivity contribution in [2.75, 3.05) is 5.73 Å². The first kappa shape index (κ1) is 25.2. The lowest BCUT2D eigenvalue weighted by atomic mass is 9.98. The predicted octanol–water partition coefficient (Wildman–Crippen LogP) is 6.54. The zero-order chi connectivity index (χ0) is 21.7. The van der Waals surface area contributed by atoms with Gasteiger partial charge in [0.15, 0.2) is 5.78 Å². The maximum absolute atomic E-state index is 11.7. The molecular formula is C24H35N3O. The van der Waals surface area contributed by atoms with E-state index < -0.39 is 0 Å². The molecule has 0 amide bonds. The summed E-state index contributed by atoms with van der Waals surface area (Å²) >= 11 is 0. The Morgan fingerprint density at radius 1 is 1.11 bits per heavy atom. The van der Waals surface area contributed by atoms with Crippen LogP contribution in [0.2, 0.25) is 0 Å². The number of hydrogen-bond donors (Lipinski definition) is 1. The molecule has 28 heavy (non-hydrogen) atoms. The number of hydrogen-bond acceptors (Lipinski definition) is 4. The third kappa shape index (κ3) is 7.47. The van der Waals surface area contributed by atoms with Gasteiger partial charge in [0.1, 0.15) is 5.82 Å². The van der Waals surface area contributed by atoms with Gasteiger partial charge in [0.05, 0.1) is 5.69 Å². The average molecular weight is 382 g/mol. The fraction of sp³-hybridized carbons (Fsp3) is 0.375. The van der Waals surface area contributed by atoms with Crippen molar-refractivity contribution in [2.24, 2.45) is 0 Å². The number of nitrogens with zero attached hydrogens (tertiary/aromatic N) is 2. The number of ketones is 1. The Balaban J connectivity index is 0.00000133. The number of fused-ring (bicyclic) bond motifs is 1. The number of allylic oxidation sites excluding steroid dienone is 5. The maximum atomic E-state index is 11.7. The Hall–Kier alpha value is -2.75. The topological polar surface area (TPSA) is 68.9 Å². The van der Waals surface area contributed by atoms with Crippen LogP contribution in [0.1, 0.15) is 67.0 Å². The van der Waals surface area contributed by atoms with Gasteiger partial charge in [-0.15, -0.1) is 0 Å². The molecule has 0 saturated carbocycles. The first-order chi connectivity index (χ1) is 13.4. The highest BCUT2D eigenvalue weighted by atomic mass is 16.1. The molecule has 2 rings (SSSR count). The summed E-state index contributed by atoms with van der Waals surface area (Å²) in [6.07, 6.45) is 9.02. The zero-order valence-corrected chi connectivity index (χ0v) is 18.5. The summed E-state index contributed by atoms with van der Waals surface area (Å²) in [5.74, 6) is 0.523. The second kappa shape index (κ2) is 13.4. The van der Waals surface area contributed by atoms with Gasteiger partial charge in [0, 0.05) is 35.2 Å². The normalized spacial score (nSPS) is 11.1. The van der Waals surface area contributed by atoms with E-state index in [0.717, 1.165) is 27.6 Å². The smallest absolute Gasteiger partial charge is 0.162 e. The standard InChI is InChI=1S/C19H21N3O.C3H8.C2H6/c1-5-16(12(3)7-13(4)18(23)6-2)17-8-14-11-22-19(20)9-15(14)10-21-17;1-3-2;1-2/h5,7-11H,4,6H2,1-3H3,(H2,20,22);3H2,1-2H3;1-2H3/b12-7-,16-5+;;. The van der Waals surface area contributed by atoms with Crippen molar-refractivity contribution in [1.29, 1.82) is 0 Å². The third-order valence-corrected chi connectivity index (χ3v) is 3.68. The van der Waals surface area contributed by atoms with Crippen LogP contribution in [-0.2, 0) is 4.79 Å². The number of aromatic nitrogens is 2. The van der Waals surface area contributed by atoms with Gasteiger partial charge in [0.25, 0.3) is 0 Å². The molecule has 2 aromatic heterocycles. The molecule has 0 fully saturated rings. The molecule has 0 spiro atoms. The van der Waals surface area contributed by atoms with E-state index >= 15 is 0 Å². The second-order valence-corrected chi connectivity index (χ2v) is 6.06. The van der Waals surface area contributed by atoms with Crippen molar-refractivity contribution in [1.82, 2.24) is 9.97 Å². The third-order valence-electron chi connectivity index (χ3n) is 3.68. The van der Waals surface area contributed by atoms with Gasteiger partial charge < -0.3 is 5.73 Å². The van der Waals surface area contributed by atoms with Crippen LogP contribution in [0.3, 0.4) is 0 Å². The minimum atomic E-state index is 0.0472. The van der Waals surface area contributed by atoms with E-state index in [1.54, 1.807) is 18.5 Å². The summed E-state index contributed by atoms with van der Waals surface area (Å²) in [5.41, 5.74) is 8.96. The first-order valence-electron chi connectivity index (χ1n) is 9.96. The summed E-state index contributed by atoms with van der Waals surface area (Å²) < 4.78 is 0. The highest BCUT2D eigenvalue weighted by Crippen LogP contribution is 2.25. The van der Waals surface area contributed by atoms with Crippen LogP contribution in [0.15, 0.2) is 54.4 Å². The van der Waals surface area contributed by atoms with E-state index in [1.165, 1.54) is 6.42 Å². The summed E-state index contributed by atoms with van der Waals surface area (Å²) in [5, 5.41) is 1.92. The molecule has 0 aromatic carbocycles. The van der Waals surface area contributed by atoms with E-state index in [4.69, 9.17) is 5.73 Å². The highest BCUT2D eigenvalue weighted by molar-refractivity contribution is 5.98. The zero-order valence-electron chi connectivity index (χ0n) is 18.5. The number of anilines is 1. The number of nitrogens with two attached hydrogens (primary N) is 1. The summed E-state index contributed by atoms with van der Waals surface area (Å²) in [7, 11) is 0. The quantitative estimate of drug-likeness (QED) is 0.471. The molecule has 2 heterocycles. The summed E-state index contributed by atoms with van der Waals surface area (Å²) in [4.78, 5) is 20.3. The monoisotopic (exact) mass is 381 g/mol. The molecular weight excluding hydrogens is 346 g/mol. The lowest BCUT2D eigenvalue weighted by molar-refractivity contribution is -0.114. The minimum absolute atomic E-state index is 0.0472. The number of Topliss-reactive ketones (excluding diaryl/α,β-unsaturated/α-hetero) is 1. The van der Waals surface area contributed by atoms with Gasteiger partial charge >= 0.3 is 0 Å². The Bertz CT molecular complexity index is 848. The van der Waals surface area contributed by atoms with E-state index in [1.807, 2.05) is 52.8 Å². The van der Waals surface area contributed by atoms with Crippen molar-refractivity contribution >= 4 is 27.9 Å². The minimum Gasteiger partial charge on any atom is -0.384 e. The van der Waals surface area contributed by atoms with Crippen LogP contribution in [0.5, 0.6) is 0 Å². The van der Waals surface area contributed by atoms with Crippen LogP contribution < -0.4 is 5.73 Å². The van der Waals surface area contributed by atoms with Crippen LogP contribution in [-0.4, -0.2) is 15.8 Å². The molecule has 0 unspecified atom stereocenters. The second-order valence-electron chi connectivity index (χ2n) is 6.06. The molecule has 0 atom stereocenters. The Morgan fingerprint density at radius 3 is 2.18 bits per heavy atom. The molecule has 4 heteroatoms. The highest BCUT2D eigenvalue weighted by Gasteiger charge is 2.09. The first-order valence-corrected chi connectivity index (χ1v) is 9.96. The van der Waals surface area contributed by atoms with E-state index in [2.05, 4.69) is 30.4 Å². The van der Waals surface area contributed by atoms with Crippen molar-refractivity contribution in [3.63, 3.8) is 0 Å². The molecule has 2 N–H and O–H groups in total. The molecule has 0 bridgehead atoms. The molecule has 0 saturated heterocycles. The largest absolute Gasteiger partial charge is 0.384 e. The number of pyridine rings is 2. The molecule has 0 aliphatic heterocycles. The molecule has 152 valence electrons. The van der Waals surface area contributed by atoms with Crippen molar-refractivity contribution in [2.45, 2.75) is 61.3 Å². The Morgan fingerprint density at radius 2 is 1.64 bits per heavy atom. The molecule has 2 aromatic rings. The van der Waals surface area contributed by atoms with E-state index in [0.29, 0.717) is 17.8 Å². The lowest BCUT2D eigenvalue weighted by Crippen LogP contribution is -1.98. The van der Waals surface area contributed by atoms with Crippen LogP contribution in [0.4, 0.5) is 5.82 Å². The van der Waals surface area contributed by atoms with Crippen molar-refractivity contribution in [3.05, 3.63) is 60.1 Å². The number of carbonyl (C=O) groups is 1. The summed E-state index contributed by atoms with van der Waals surface area (Å²) in [6, 6.07) is 3.77. The fourth-order valence-corrected chi connectivity index (χ4v) is 2.43. The lowest BCUT2D eigenvalue weighted by Gasteiger charge is -2.09. The van der Waals surface area contributed by atoms with Crippen LogP contribution in [0, 0.1) is 0 Å². The van der Waals surface area contributed by atoms with Crippen LogP contribution >= 0.6 is 0 Å². The summed E-state index contributed by atoms with van der Waals surface area (Å²) in [6.45, 7) is 17.8. The van der Waals surface area contributed by atoms with Gasteiger partial charge in [-0.25, -0.2) is 4.98 Å².